The van der Waals surface area contributed by atoms with E-state index in [4.69, 9.17) is 9.42 Å². The van der Waals surface area contributed by atoms with Crippen LogP contribution in [0, 0.1) is 6.92 Å². The number of hydrogen-bond acceptors (Lipinski definition) is 4. The minimum Gasteiger partial charge on any atom is -0.541 e. The van der Waals surface area contributed by atoms with Gasteiger partial charge in [-0.1, -0.05) is 42.5 Å². The first-order chi connectivity index (χ1) is 12.1. The number of aromatic nitrogens is 2. The molecule has 0 fully saturated rings. The van der Waals surface area contributed by atoms with Gasteiger partial charge < -0.3 is 4.43 Å². The van der Waals surface area contributed by atoms with Gasteiger partial charge in [0.25, 0.3) is 9.04 Å². The molecular formula is C20H20N3OSi. The van der Waals surface area contributed by atoms with Crippen LogP contribution < -0.4 is 4.43 Å². The highest BCUT2D eigenvalue weighted by molar-refractivity contribution is 6.49. The summed E-state index contributed by atoms with van der Waals surface area (Å²) in [7, 11) is -0.876. The summed E-state index contributed by atoms with van der Waals surface area (Å²) in [6.45, 7) is 6.14. The van der Waals surface area contributed by atoms with Gasteiger partial charge in [-0.2, -0.15) is 0 Å². The molecule has 5 heteroatoms. The highest BCUT2D eigenvalue weighted by Crippen LogP contribution is 2.29. The van der Waals surface area contributed by atoms with Crippen LogP contribution in [0.15, 0.2) is 72.0 Å². The summed E-state index contributed by atoms with van der Waals surface area (Å²) in [5.41, 5.74) is 4.19. The number of nitrogens with zero attached hydrogens (tertiary/aromatic N) is 3. The Kier molecular flexibility index (Phi) is 5.35. The molecule has 0 aliphatic rings. The molecule has 0 atom stereocenters. The highest BCUT2D eigenvalue weighted by atomic mass is 28.3. The second-order valence-electron chi connectivity index (χ2n) is 5.85. The molecule has 0 unspecified atom stereocenters. The maximum absolute atomic E-state index is 6.00. The molecule has 1 aromatic heterocycles. The summed E-state index contributed by atoms with van der Waals surface area (Å²) in [5, 5.41) is 0. The van der Waals surface area contributed by atoms with Gasteiger partial charge in [-0.15, -0.1) is 0 Å². The molecule has 25 heavy (non-hydrogen) atoms. The molecule has 0 aliphatic heterocycles. The predicted molar refractivity (Wildman–Crippen MR) is 103 cm³/mol. The van der Waals surface area contributed by atoms with E-state index < -0.39 is 9.04 Å². The first kappa shape index (κ1) is 17.0. The monoisotopic (exact) mass is 346 g/mol. The standard InChI is InChI=1S/C20H20N3OSi/c1-15-13-21-14-18(22-15)20(16-9-5-4-6-10-16)23-17-11-7-8-12-19(17)24-25(2)3/h4-14H,1-3H3. The average molecular weight is 346 g/mol. The Labute approximate surface area is 150 Å². The molecule has 0 saturated carbocycles. The van der Waals surface area contributed by atoms with E-state index in [2.05, 4.69) is 23.1 Å². The molecule has 125 valence electrons. The Balaban J connectivity index is 2.14. The number of aliphatic imine (C=N–C) groups is 1. The van der Waals surface area contributed by atoms with Crippen LogP contribution in [0.5, 0.6) is 5.75 Å². The molecule has 0 N–H and O–H groups in total. The lowest BCUT2D eigenvalue weighted by molar-refractivity contribution is 0.582. The van der Waals surface area contributed by atoms with Gasteiger partial charge in [-0.05, 0) is 32.2 Å². The minimum absolute atomic E-state index is 0.750. The van der Waals surface area contributed by atoms with E-state index in [1.54, 1.807) is 12.4 Å². The van der Waals surface area contributed by atoms with Gasteiger partial charge in [0.1, 0.15) is 17.1 Å². The van der Waals surface area contributed by atoms with Crippen molar-refractivity contribution in [1.82, 2.24) is 9.97 Å². The molecular weight excluding hydrogens is 326 g/mol. The van der Waals surface area contributed by atoms with E-state index in [9.17, 15) is 0 Å². The van der Waals surface area contributed by atoms with E-state index >= 15 is 0 Å². The van der Waals surface area contributed by atoms with Crippen LogP contribution in [-0.4, -0.2) is 24.7 Å². The van der Waals surface area contributed by atoms with Crippen molar-refractivity contribution in [2.45, 2.75) is 20.0 Å². The summed E-state index contributed by atoms with van der Waals surface area (Å²) < 4.78 is 6.00. The first-order valence-corrected chi connectivity index (χ1v) is 10.5. The Morgan fingerprint density at radius 2 is 1.68 bits per heavy atom. The zero-order valence-corrected chi connectivity index (χ0v) is 15.6. The van der Waals surface area contributed by atoms with Gasteiger partial charge in [-0.3, -0.25) is 4.98 Å². The maximum atomic E-state index is 6.00. The molecule has 0 amide bonds. The van der Waals surface area contributed by atoms with Crippen LogP contribution >= 0.6 is 0 Å². The largest absolute Gasteiger partial charge is 0.541 e. The highest BCUT2D eigenvalue weighted by Gasteiger charge is 2.12. The van der Waals surface area contributed by atoms with Gasteiger partial charge in [0.15, 0.2) is 0 Å². The number of rotatable bonds is 5. The Bertz CT molecular complexity index is 879. The quantitative estimate of drug-likeness (QED) is 0.502. The minimum atomic E-state index is -0.876. The van der Waals surface area contributed by atoms with Crippen molar-refractivity contribution in [3.63, 3.8) is 0 Å². The fourth-order valence-electron chi connectivity index (χ4n) is 2.42. The lowest BCUT2D eigenvalue weighted by Crippen LogP contribution is -2.11. The van der Waals surface area contributed by atoms with E-state index in [-0.39, 0.29) is 0 Å². The van der Waals surface area contributed by atoms with E-state index in [1.807, 2.05) is 61.5 Å². The summed E-state index contributed by atoms with van der Waals surface area (Å²) in [4.78, 5) is 13.8. The van der Waals surface area contributed by atoms with Crippen LogP contribution in [0.25, 0.3) is 0 Å². The fourth-order valence-corrected chi connectivity index (χ4v) is 3.03. The first-order valence-electron chi connectivity index (χ1n) is 8.13. The summed E-state index contributed by atoms with van der Waals surface area (Å²) in [6.07, 6.45) is 3.49. The lowest BCUT2D eigenvalue weighted by Gasteiger charge is -2.12. The van der Waals surface area contributed by atoms with Crippen LogP contribution in [0.3, 0.4) is 0 Å². The van der Waals surface area contributed by atoms with Crippen LogP contribution in [0.2, 0.25) is 13.1 Å². The summed E-state index contributed by atoms with van der Waals surface area (Å²) in [5.74, 6) is 0.801. The molecule has 2 aromatic carbocycles. The van der Waals surface area contributed by atoms with E-state index in [0.29, 0.717) is 0 Å². The van der Waals surface area contributed by atoms with E-state index in [1.165, 1.54) is 0 Å². The van der Waals surface area contributed by atoms with Crippen molar-refractivity contribution in [2.24, 2.45) is 4.99 Å². The normalized spacial score (nSPS) is 11.6. The van der Waals surface area contributed by atoms with Gasteiger partial charge >= 0.3 is 0 Å². The zero-order chi connectivity index (χ0) is 17.6. The van der Waals surface area contributed by atoms with E-state index in [0.717, 1.165) is 34.1 Å². The van der Waals surface area contributed by atoms with Gasteiger partial charge in [0.05, 0.1) is 17.6 Å². The molecule has 1 heterocycles. The molecule has 0 saturated heterocycles. The number of benzene rings is 2. The third-order valence-electron chi connectivity index (χ3n) is 3.46. The van der Waals surface area contributed by atoms with Crippen molar-refractivity contribution in [3.8, 4) is 5.75 Å². The smallest absolute Gasteiger partial charge is 0.274 e. The Hall–Kier alpha value is -2.79. The molecule has 1 radical (unpaired) electrons. The van der Waals surface area contributed by atoms with Crippen molar-refractivity contribution < 1.29 is 4.43 Å². The molecule has 4 nitrogen and oxygen atoms in total. The molecule has 3 aromatic rings. The Morgan fingerprint density at radius 3 is 2.40 bits per heavy atom. The van der Waals surface area contributed by atoms with Crippen molar-refractivity contribution in [3.05, 3.63) is 83.9 Å². The predicted octanol–water partition coefficient (Wildman–Crippen LogP) is 4.58. The second-order valence-corrected chi connectivity index (χ2v) is 7.87. The van der Waals surface area contributed by atoms with Crippen molar-refractivity contribution >= 4 is 20.4 Å². The number of para-hydroxylation sites is 2. The summed E-state index contributed by atoms with van der Waals surface area (Å²) in [6, 6.07) is 17.9. The summed E-state index contributed by atoms with van der Waals surface area (Å²) >= 11 is 0. The van der Waals surface area contributed by atoms with Crippen molar-refractivity contribution in [1.29, 1.82) is 0 Å². The maximum Gasteiger partial charge on any atom is 0.274 e. The van der Waals surface area contributed by atoms with Gasteiger partial charge in [0, 0.05) is 11.8 Å². The van der Waals surface area contributed by atoms with Crippen LogP contribution in [0.1, 0.15) is 17.0 Å². The topological polar surface area (TPSA) is 47.4 Å². The molecule has 0 bridgehead atoms. The molecule has 0 aliphatic carbocycles. The second kappa shape index (κ2) is 7.85. The van der Waals surface area contributed by atoms with Crippen LogP contribution in [-0.2, 0) is 0 Å². The van der Waals surface area contributed by atoms with Gasteiger partial charge in [-0.25, -0.2) is 9.98 Å². The van der Waals surface area contributed by atoms with Gasteiger partial charge in [0.2, 0.25) is 0 Å². The lowest BCUT2D eigenvalue weighted by atomic mass is 10.1. The average Bonchev–Trinajstić information content (AvgIpc) is 2.61. The molecule has 3 rings (SSSR count). The SMILES string of the molecule is Cc1cncc(C(=Nc2ccccc2O[Si](C)C)c2ccccc2)n1. The number of hydrogen-bond donors (Lipinski definition) is 0. The molecule has 0 spiro atoms. The van der Waals surface area contributed by atoms with Crippen molar-refractivity contribution in [2.75, 3.05) is 0 Å². The number of aryl methyl sites for hydroxylation is 1. The van der Waals surface area contributed by atoms with Crippen LogP contribution in [0.4, 0.5) is 5.69 Å². The third-order valence-corrected chi connectivity index (χ3v) is 4.08. The third kappa shape index (κ3) is 4.39. The fraction of sp³-hybridized carbons (Fsp3) is 0.150. The Morgan fingerprint density at radius 1 is 0.960 bits per heavy atom. The zero-order valence-electron chi connectivity index (χ0n) is 14.6.